The number of para-hydroxylation sites is 1. The van der Waals surface area contributed by atoms with Crippen LogP contribution in [0.15, 0.2) is 200 Å². The summed E-state index contributed by atoms with van der Waals surface area (Å²) in [5.41, 5.74) is 20.0. The molecule has 0 bridgehead atoms. The third-order valence-corrected chi connectivity index (χ3v) is 12.8. The van der Waals surface area contributed by atoms with Gasteiger partial charge >= 0.3 is 0 Å². The van der Waals surface area contributed by atoms with E-state index in [4.69, 9.17) is 9.47 Å². The van der Waals surface area contributed by atoms with Gasteiger partial charge in [-0.15, -0.1) is 0 Å². The maximum atomic E-state index is 7.11. The van der Waals surface area contributed by atoms with Gasteiger partial charge in [0.25, 0.3) is 13.4 Å². The van der Waals surface area contributed by atoms with E-state index >= 15 is 0 Å². The predicted octanol–water partition coefficient (Wildman–Crippen LogP) is 9.70. The van der Waals surface area contributed by atoms with Crippen LogP contribution in [0.1, 0.15) is 0 Å². The molecule has 0 spiro atoms. The third-order valence-electron chi connectivity index (χ3n) is 12.8. The SMILES string of the molecule is c1ccc(-c2ccc3c(c2)Oc2cc(-c4ccccc4)cc4c2B3c2cccc3c2N4c2cc(-c4ccccc4)cc4c2B3c2ccc(-c3ccccc3)cc2O4)cc1. The van der Waals surface area contributed by atoms with E-state index in [1.165, 1.54) is 49.6 Å². The molecular formula is C54H33B2NO2. The molecule has 0 aliphatic carbocycles. The Kier molecular flexibility index (Phi) is 6.90. The molecule has 0 saturated carbocycles. The highest BCUT2D eigenvalue weighted by molar-refractivity contribution is 7.03. The zero-order valence-corrected chi connectivity index (χ0v) is 32.0. The fraction of sp³-hybridized carbons (Fsp3) is 0. The molecule has 272 valence electrons. The Hall–Kier alpha value is -7.49. The Balaban J connectivity index is 1.10. The van der Waals surface area contributed by atoms with Crippen molar-refractivity contribution in [2.45, 2.75) is 0 Å². The zero-order chi connectivity index (χ0) is 38.6. The van der Waals surface area contributed by atoms with E-state index < -0.39 is 0 Å². The van der Waals surface area contributed by atoms with E-state index in [1.54, 1.807) is 0 Å². The summed E-state index contributed by atoms with van der Waals surface area (Å²) in [5.74, 6) is 3.59. The summed E-state index contributed by atoms with van der Waals surface area (Å²) >= 11 is 0. The minimum Gasteiger partial charge on any atom is -0.458 e. The van der Waals surface area contributed by atoms with E-state index in [9.17, 15) is 0 Å². The Labute approximate surface area is 343 Å². The van der Waals surface area contributed by atoms with Gasteiger partial charge in [0.05, 0.1) is 0 Å². The molecule has 59 heavy (non-hydrogen) atoms. The molecule has 0 atom stereocenters. The average molecular weight is 749 g/mol. The van der Waals surface area contributed by atoms with Gasteiger partial charge in [0.2, 0.25) is 0 Å². The molecule has 0 saturated heterocycles. The van der Waals surface area contributed by atoms with E-state index in [0.717, 1.165) is 67.8 Å². The van der Waals surface area contributed by atoms with Crippen LogP contribution in [0, 0.1) is 0 Å². The van der Waals surface area contributed by atoms with Crippen molar-refractivity contribution in [3.8, 4) is 67.5 Å². The fourth-order valence-corrected chi connectivity index (χ4v) is 10.1. The summed E-state index contributed by atoms with van der Waals surface area (Å²) in [6, 6.07) is 72.4. The first-order valence-corrected chi connectivity index (χ1v) is 20.4. The lowest BCUT2D eigenvalue weighted by atomic mass is 9.29. The van der Waals surface area contributed by atoms with Gasteiger partial charge in [-0.2, -0.15) is 0 Å². The van der Waals surface area contributed by atoms with Crippen LogP contribution in [0.5, 0.6) is 23.0 Å². The van der Waals surface area contributed by atoms with Crippen molar-refractivity contribution in [1.82, 2.24) is 0 Å². The number of hydrogen-bond acceptors (Lipinski definition) is 3. The Bertz CT molecular complexity index is 2960. The van der Waals surface area contributed by atoms with Gasteiger partial charge in [-0.1, -0.05) is 164 Å². The van der Waals surface area contributed by atoms with Gasteiger partial charge in [-0.25, -0.2) is 0 Å². The summed E-state index contributed by atoms with van der Waals surface area (Å²) < 4.78 is 14.2. The van der Waals surface area contributed by atoms with Gasteiger partial charge in [0.1, 0.15) is 23.0 Å². The van der Waals surface area contributed by atoms with Crippen molar-refractivity contribution in [2.75, 3.05) is 4.90 Å². The molecule has 9 aromatic carbocycles. The second-order valence-electron chi connectivity index (χ2n) is 16.0. The Morgan fingerprint density at radius 2 is 0.661 bits per heavy atom. The Morgan fingerprint density at radius 3 is 1.07 bits per heavy atom. The van der Waals surface area contributed by atoms with Crippen molar-refractivity contribution in [3.05, 3.63) is 200 Å². The monoisotopic (exact) mass is 749 g/mol. The number of ether oxygens (including phenoxy) is 2. The summed E-state index contributed by atoms with van der Waals surface area (Å²) in [5, 5.41) is 0. The lowest BCUT2D eigenvalue weighted by molar-refractivity contribution is 0.488. The molecule has 0 unspecified atom stereocenters. The second kappa shape index (κ2) is 12.5. The standard InChI is InChI=1S/C54H33B2NO2/c1-5-14-34(15-6-1)38-24-26-42-48(30-38)58-50-32-40(36-18-9-3-10-19-36)28-46-52(50)55(42)44-22-13-23-45-54(44)57(46)47-29-41(37-20-11-4-12-21-37)33-51-53(47)56(45)43-27-25-39(31-49(43)59-51)35-16-7-2-8-17-35/h1-33H. The highest BCUT2D eigenvalue weighted by Crippen LogP contribution is 2.47. The lowest BCUT2D eigenvalue weighted by Gasteiger charge is -2.46. The largest absolute Gasteiger partial charge is 0.458 e. The second-order valence-corrected chi connectivity index (χ2v) is 16.0. The highest BCUT2D eigenvalue weighted by Gasteiger charge is 2.49. The van der Waals surface area contributed by atoms with Gasteiger partial charge in [-0.3, -0.25) is 0 Å². The maximum absolute atomic E-state index is 7.11. The highest BCUT2D eigenvalue weighted by atomic mass is 16.5. The van der Waals surface area contributed by atoms with Gasteiger partial charge in [0.15, 0.2) is 0 Å². The molecule has 0 aromatic heterocycles. The molecule has 0 amide bonds. The smallest absolute Gasteiger partial charge is 0.256 e. The van der Waals surface area contributed by atoms with Gasteiger partial charge in [0, 0.05) is 17.1 Å². The van der Waals surface area contributed by atoms with Crippen molar-refractivity contribution in [3.63, 3.8) is 0 Å². The summed E-state index contributed by atoms with van der Waals surface area (Å²) in [7, 11) is 0. The van der Waals surface area contributed by atoms with E-state index in [1.807, 2.05) is 0 Å². The first kappa shape index (κ1) is 32.6. The molecule has 0 radical (unpaired) electrons. The van der Waals surface area contributed by atoms with Crippen LogP contribution in [0.4, 0.5) is 17.1 Å². The number of rotatable bonds is 4. The topological polar surface area (TPSA) is 21.7 Å². The number of anilines is 3. The molecule has 3 nitrogen and oxygen atoms in total. The van der Waals surface area contributed by atoms with Crippen LogP contribution in [-0.2, 0) is 0 Å². The first-order valence-electron chi connectivity index (χ1n) is 20.4. The van der Waals surface area contributed by atoms with Gasteiger partial charge < -0.3 is 14.4 Å². The van der Waals surface area contributed by atoms with Crippen LogP contribution < -0.4 is 47.2 Å². The lowest BCUT2D eigenvalue weighted by Crippen LogP contribution is -2.66. The van der Waals surface area contributed by atoms with E-state index in [-0.39, 0.29) is 13.4 Å². The maximum Gasteiger partial charge on any atom is 0.256 e. The van der Waals surface area contributed by atoms with Crippen molar-refractivity contribution >= 4 is 63.3 Å². The minimum atomic E-state index is -0.0253. The third kappa shape index (κ3) is 4.85. The summed E-state index contributed by atoms with van der Waals surface area (Å²) in [6.45, 7) is -0.0506. The van der Waals surface area contributed by atoms with Crippen molar-refractivity contribution < 1.29 is 9.47 Å². The number of fused-ring (bicyclic) bond motifs is 8. The van der Waals surface area contributed by atoms with Crippen LogP contribution >= 0.6 is 0 Å². The number of benzene rings is 9. The molecule has 4 aliphatic heterocycles. The molecule has 0 fully saturated rings. The minimum absolute atomic E-state index is 0.0253. The van der Waals surface area contributed by atoms with Crippen LogP contribution in [0.3, 0.4) is 0 Å². The van der Waals surface area contributed by atoms with Gasteiger partial charge in [-0.05, 0) is 114 Å². The number of nitrogens with zero attached hydrogens (tertiary/aromatic N) is 1. The number of hydrogen-bond donors (Lipinski definition) is 0. The molecule has 5 heteroatoms. The molecule has 4 heterocycles. The van der Waals surface area contributed by atoms with Crippen molar-refractivity contribution in [2.24, 2.45) is 0 Å². The van der Waals surface area contributed by atoms with Crippen molar-refractivity contribution in [1.29, 1.82) is 0 Å². The predicted molar refractivity (Wildman–Crippen MR) is 245 cm³/mol. The van der Waals surface area contributed by atoms with E-state index in [0.29, 0.717) is 0 Å². The molecule has 0 N–H and O–H groups in total. The first-order chi connectivity index (χ1) is 29.2. The average Bonchev–Trinajstić information content (AvgIpc) is 3.31. The zero-order valence-electron chi connectivity index (χ0n) is 32.0. The Morgan fingerprint density at radius 1 is 0.288 bits per heavy atom. The molecule has 4 aliphatic rings. The summed E-state index contributed by atoms with van der Waals surface area (Å²) in [6.07, 6.45) is 0. The summed E-state index contributed by atoms with van der Waals surface area (Å²) in [4.78, 5) is 2.54. The van der Waals surface area contributed by atoms with Crippen LogP contribution in [-0.4, -0.2) is 13.4 Å². The molecule has 13 rings (SSSR count). The fourth-order valence-electron chi connectivity index (χ4n) is 10.1. The normalized spacial score (nSPS) is 13.3. The van der Waals surface area contributed by atoms with Crippen LogP contribution in [0.25, 0.3) is 44.5 Å². The van der Waals surface area contributed by atoms with E-state index in [2.05, 4.69) is 205 Å². The van der Waals surface area contributed by atoms with Crippen LogP contribution in [0.2, 0.25) is 0 Å². The quantitative estimate of drug-likeness (QED) is 0.167. The molecular weight excluding hydrogens is 716 g/mol. The molecule has 9 aromatic rings.